The third-order valence-electron chi connectivity index (χ3n) is 13.7. The number of nitriles is 4. The van der Waals surface area contributed by atoms with Crippen LogP contribution in [0.25, 0.3) is 76.8 Å². The topological polar surface area (TPSA) is 95.2 Å². The van der Waals surface area contributed by atoms with Gasteiger partial charge in [0.1, 0.15) is 0 Å². The Bertz CT molecular complexity index is 3300. The van der Waals surface area contributed by atoms with Gasteiger partial charge >= 0.3 is 0 Å². The molecule has 12 rings (SSSR count). The second-order valence-corrected chi connectivity index (χ2v) is 18.9. The summed E-state index contributed by atoms with van der Waals surface area (Å²) in [5, 5.41) is 48.4. The van der Waals surface area contributed by atoms with Crippen molar-refractivity contribution < 1.29 is 0 Å². The van der Waals surface area contributed by atoms with Gasteiger partial charge in [0.15, 0.2) is 0 Å². The zero-order valence-corrected chi connectivity index (χ0v) is 33.0. The molecule has 58 heavy (non-hydrogen) atoms. The second-order valence-electron chi connectivity index (χ2n) is 18.9. The maximum Gasteiger partial charge on any atom is 0.244 e. The van der Waals surface area contributed by atoms with E-state index < -0.39 is 0 Å². The molecular weight excluding hydrogens is 702 g/mol. The highest BCUT2D eigenvalue weighted by Gasteiger charge is 2.45. The van der Waals surface area contributed by atoms with Gasteiger partial charge in [0, 0.05) is 0 Å². The molecule has 8 aromatic rings. The van der Waals surface area contributed by atoms with Crippen LogP contribution in [-0.2, 0) is 10.8 Å². The van der Waals surface area contributed by atoms with E-state index in [1.807, 2.05) is 36.4 Å². The van der Waals surface area contributed by atoms with E-state index >= 15 is 0 Å². The van der Waals surface area contributed by atoms with Crippen LogP contribution in [0.2, 0.25) is 0 Å². The fourth-order valence-corrected chi connectivity index (χ4v) is 11.5. The van der Waals surface area contributed by atoms with E-state index in [0.29, 0.717) is 22.3 Å². The molecule has 0 fully saturated rings. The lowest BCUT2D eigenvalue weighted by molar-refractivity contribution is 0.595. The van der Waals surface area contributed by atoms with Crippen molar-refractivity contribution in [1.82, 2.24) is 0 Å². The molecule has 0 saturated carbocycles. The molecule has 0 saturated heterocycles. The van der Waals surface area contributed by atoms with E-state index in [2.05, 4.69) is 114 Å². The van der Waals surface area contributed by atoms with Crippen molar-refractivity contribution in [2.24, 2.45) is 0 Å². The van der Waals surface area contributed by atoms with Gasteiger partial charge in [0.25, 0.3) is 0 Å². The largest absolute Gasteiger partial charge is 0.244 e. The lowest BCUT2D eigenvalue weighted by Gasteiger charge is -2.35. The van der Waals surface area contributed by atoms with E-state index in [0.717, 1.165) is 44.5 Å². The molecule has 0 atom stereocenters. The highest BCUT2D eigenvalue weighted by molar-refractivity contribution is 7.03. The van der Waals surface area contributed by atoms with Crippen LogP contribution < -0.4 is 32.8 Å². The molecule has 266 valence electrons. The number of fused-ring (bicyclic) bond motifs is 10. The Hall–Kier alpha value is -7.11. The molecule has 0 spiro atoms. The van der Waals surface area contributed by atoms with Gasteiger partial charge in [-0.2, -0.15) is 21.0 Å². The third-order valence-corrected chi connectivity index (χ3v) is 13.7. The predicted molar refractivity (Wildman–Crippen MR) is 237 cm³/mol. The first-order chi connectivity index (χ1) is 27.8. The minimum Gasteiger partial charge on any atom is -0.192 e. The summed E-state index contributed by atoms with van der Waals surface area (Å²) >= 11 is 0. The molecule has 0 amide bonds. The van der Waals surface area contributed by atoms with Gasteiger partial charge in [-0.05, 0) is 159 Å². The Kier molecular flexibility index (Phi) is 5.95. The monoisotopic (exact) mass is 734 g/mol. The van der Waals surface area contributed by atoms with Crippen LogP contribution in [0.1, 0.15) is 74.9 Å². The maximum atomic E-state index is 10.4. The number of hydrogen-bond donors (Lipinski definition) is 0. The highest BCUT2D eigenvalue weighted by atomic mass is 14.4. The average Bonchev–Trinajstić information content (AvgIpc) is 3.72. The standard InChI is InChI=1S/C52H32B2N4/c1-51(2,3)39-17-31-35-15-27(23-57)13-33-29-11-26(22-56)8-10-42(29)54(49(33)35)44-20-38-40(52(4,5)6)18-32-36-16-28(24-58)14-34-30-12-25(21-55)7-9-41(30)53(50(34)36)43-19-37(39)47(45(31)44)48(38)46(32)43/h7-20H,1-6H3. The first-order valence-electron chi connectivity index (χ1n) is 20.0. The quantitative estimate of drug-likeness (QED) is 0.118. The predicted octanol–water partition coefficient (Wildman–Crippen LogP) is 7.62. The molecule has 6 heteroatoms. The Morgan fingerprint density at radius 2 is 0.707 bits per heavy atom. The summed E-state index contributed by atoms with van der Waals surface area (Å²) in [4.78, 5) is 0. The third kappa shape index (κ3) is 3.84. The van der Waals surface area contributed by atoms with E-state index in [4.69, 9.17) is 0 Å². The van der Waals surface area contributed by atoms with Crippen molar-refractivity contribution in [3.8, 4) is 68.8 Å². The average molecular weight is 734 g/mol. The van der Waals surface area contributed by atoms with Crippen LogP contribution in [0.5, 0.6) is 0 Å². The minimum absolute atomic E-state index is 0.0579. The van der Waals surface area contributed by atoms with Crippen LogP contribution in [0.3, 0.4) is 0 Å². The molecule has 4 nitrogen and oxygen atoms in total. The zero-order valence-electron chi connectivity index (χ0n) is 33.0. The van der Waals surface area contributed by atoms with Gasteiger partial charge in [-0.15, -0.1) is 0 Å². The molecule has 0 aromatic heterocycles. The van der Waals surface area contributed by atoms with E-state index in [1.54, 1.807) is 0 Å². The number of hydrogen-bond acceptors (Lipinski definition) is 4. The summed E-state index contributed by atoms with van der Waals surface area (Å²) < 4.78 is 0. The van der Waals surface area contributed by atoms with Gasteiger partial charge in [0.2, 0.25) is 13.4 Å². The van der Waals surface area contributed by atoms with Crippen LogP contribution >= 0.6 is 0 Å². The Balaban J connectivity index is 1.34. The van der Waals surface area contributed by atoms with Gasteiger partial charge in [-0.3, -0.25) is 0 Å². The van der Waals surface area contributed by atoms with Gasteiger partial charge in [-0.25, -0.2) is 0 Å². The SMILES string of the molecule is CC(C)(C)c1cc2c3c(cc4c(C(C)(C)C)cc5c6c(cc1c3c46)B1c3ccc(C#N)cc3-c3cc(C#N)cc-5c31)B1c3ccc(C#N)cc3-c3cc(C#N)cc-2c31. The molecule has 0 unspecified atom stereocenters. The highest BCUT2D eigenvalue weighted by Crippen LogP contribution is 2.51. The first-order valence-corrected chi connectivity index (χ1v) is 20.0. The van der Waals surface area contributed by atoms with Crippen LogP contribution in [0.15, 0.2) is 84.9 Å². The molecule has 0 aliphatic carbocycles. The van der Waals surface area contributed by atoms with Gasteiger partial charge in [0.05, 0.1) is 46.5 Å². The molecule has 8 aromatic carbocycles. The van der Waals surface area contributed by atoms with Crippen LogP contribution in [-0.4, -0.2) is 13.4 Å². The van der Waals surface area contributed by atoms with Crippen molar-refractivity contribution in [1.29, 1.82) is 21.0 Å². The number of nitrogens with zero attached hydrogens (tertiary/aromatic N) is 4. The van der Waals surface area contributed by atoms with Crippen molar-refractivity contribution >= 4 is 78.5 Å². The molecule has 0 bridgehead atoms. The molecule has 4 aliphatic heterocycles. The first kappa shape index (κ1) is 33.1. The van der Waals surface area contributed by atoms with Crippen molar-refractivity contribution in [3.63, 3.8) is 0 Å². The molecular formula is C52H32B2N4. The summed E-state index contributed by atoms with van der Waals surface area (Å²) in [5.74, 6) is 0. The maximum absolute atomic E-state index is 10.4. The number of benzene rings is 8. The van der Waals surface area contributed by atoms with E-state index in [-0.39, 0.29) is 24.3 Å². The Labute approximate surface area is 337 Å². The summed E-state index contributed by atoms with van der Waals surface area (Å²) in [7, 11) is 0. The van der Waals surface area contributed by atoms with Crippen LogP contribution in [0, 0.1) is 45.3 Å². The van der Waals surface area contributed by atoms with E-state index in [9.17, 15) is 21.0 Å². The fourth-order valence-electron chi connectivity index (χ4n) is 11.5. The molecule has 0 radical (unpaired) electrons. The molecule has 4 heterocycles. The van der Waals surface area contributed by atoms with Gasteiger partial charge in [-0.1, -0.05) is 98.6 Å². The minimum atomic E-state index is -0.229. The summed E-state index contributed by atoms with van der Waals surface area (Å²) in [6.07, 6.45) is 0. The smallest absolute Gasteiger partial charge is 0.192 e. The number of rotatable bonds is 0. The van der Waals surface area contributed by atoms with E-state index in [1.165, 1.54) is 76.2 Å². The van der Waals surface area contributed by atoms with Crippen molar-refractivity contribution in [2.45, 2.75) is 52.4 Å². The van der Waals surface area contributed by atoms with Crippen LogP contribution in [0.4, 0.5) is 0 Å². The fraction of sp³-hybridized carbons (Fsp3) is 0.154. The normalized spacial score (nSPS) is 13.6. The lowest BCUT2D eigenvalue weighted by Crippen LogP contribution is -2.53. The lowest BCUT2D eigenvalue weighted by atomic mass is 9.34. The Morgan fingerprint density at radius 1 is 0.362 bits per heavy atom. The van der Waals surface area contributed by atoms with Gasteiger partial charge < -0.3 is 0 Å². The summed E-state index contributed by atoms with van der Waals surface area (Å²) in [6.45, 7) is 13.7. The Morgan fingerprint density at radius 3 is 1.05 bits per heavy atom. The summed E-state index contributed by atoms with van der Waals surface area (Å²) in [6, 6.07) is 39.9. The zero-order chi connectivity index (χ0) is 39.9. The van der Waals surface area contributed by atoms with Crippen molar-refractivity contribution in [2.75, 3.05) is 0 Å². The van der Waals surface area contributed by atoms with Crippen molar-refractivity contribution in [3.05, 3.63) is 118 Å². The second kappa shape index (κ2) is 10.4. The summed E-state index contributed by atoms with van der Waals surface area (Å²) in [5.41, 5.74) is 20.5. The molecule has 4 aliphatic rings. The molecule has 0 N–H and O–H groups in total.